The molecule has 2 heteroatoms. The molecule has 0 aromatic heterocycles. The summed E-state index contributed by atoms with van der Waals surface area (Å²) in [6.07, 6.45) is 4.04. The van der Waals surface area contributed by atoms with E-state index in [2.05, 4.69) is 18.7 Å². The van der Waals surface area contributed by atoms with Crippen molar-refractivity contribution in [1.82, 2.24) is 4.90 Å². The van der Waals surface area contributed by atoms with Crippen LogP contribution in [0.2, 0.25) is 0 Å². The summed E-state index contributed by atoms with van der Waals surface area (Å²) < 4.78 is 0. The lowest BCUT2D eigenvalue weighted by molar-refractivity contribution is 0.0591. The minimum Gasteiger partial charge on any atom is -0.395 e. The number of hydrogen-bond donors (Lipinski definition) is 1. The van der Waals surface area contributed by atoms with Gasteiger partial charge in [0, 0.05) is 18.1 Å². The molecule has 2 nitrogen and oxygen atoms in total. The van der Waals surface area contributed by atoms with E-state index in [1.54, 1.807) is 0 Å². The fourth-order valence-corrected chi connectivity index (χ4v) is 3.17. The maximum Gasteiger partial charge on any atom is 0.0589 e. The summed E-state index contributed by atoms with van der Waals surface area (Å²) in [7, 11) is 0. The largest absolute Gasteiger partial charge is 0.395 e. The van der Waals surface area contributed by atoms with Crippen molar-refractivity contribution in [3.63, 3.8) is 0 Å². The quantitative estimate of drug-likeness (QED) is 0.672. The Hall–Kier alpha value is -0.0800. The number of aliphatic hydroxyl groups excluding tert-OH is 1. The number of fused-ring (bicyclic) bond motifs is 2. The Morgan fingerprint density at radius 3 is 2.67 bits per heavy atom. The summed E-state index contributed by atoms with van der Waals surface area (Å²) >= 11 is 0. The summed E-state index contributed by atoms with van der Waals surface area (Å²) in [4.78, 5) is 2.52. The van der Waals surface area contributed by atoms with Gasteiger partial charge in [-0.15, -0.1) is 0 Å². The van der Waals surface area contributed by atoms with Crippen molar-refractivity contribution >= 4 is 0 Å². The molecule has 0 unspecified atom stereocenters. The molecule has 2 aliphatic rings. The van der Waals surface area contributed by atoms with Crippen LogP contribution in [0.25, 0.3) is 0 Å². The molecule has 0 aromatic rings. The minimum absolute atomic E-state index is 0.360. The van der Waals surface area contributed by atoms with E-state index in [4.69, 9.17) is 0 Å². The lowest BCUT2D eigenvalue weighted by Gasteiger charge is -2.37. The number of nitrogens with zero attached hydrogens (tertiary/aromatic N) is 1. The van der Waals surface area contributed by atoms with Gasteiger partial charge in [-0.05, 0) is 39.0 Å². The van der Waals surface area contributed by atoms with Gasteiger partial charge >= 0.3 is 0 Å². The molecule has 1 N–H and O–H groups in total. The molecule has 1 saturated carbocycles. The maximum absolute atomic E-state index is 9.27. The van der Waals surface area contributed by atoms with E-state index >= 15 is 0 Å². The van der Waals surface area contributed by atoms with Gasteiger partial charge in [-0.25, -0.2) is 0 Å². The van der Waals surface area contributed by atoms with Gasteiger partial charge in [0.25, 0.3) is 0 Å². The standard InChI is InChI=1S/C10H19NO/c1-7(2)11-9-4-3-8(5-9)10(11)6-12/h7-10,12H,3-6H2,1-2H3/t8-,9+,10+/m1/s1. The van der Waals surface area contributed by atoms with E-state index in [-0.39, 0.29) is 0 Å². The number of likely N-dealkylation sites (tertiary alicyclic amines) is 1. The SMILES string of the molecule is CC(C)N1[C@H]2CC[C@H](C2)[C@@H]1CO. The Labute approximate surface area is 74.6 Å². The molecule has 2 fully saturated rings. The number of aliphatic hydroxyl groups is 1. The second kappa shape index (κ2) is 3.00. The van der Waals surface area contributed by atoms with Crippen LogP contribution in [0.4, 0.5) is 0 Å². The second-order valence-electron chi connectivity index (χ2n) is 4.52. The van der Waals surface area contributed by atoms with Crippen LogP contribution in [-0.2, 0) is 0 Å². The molecular formula is C10H19NO. The Balaban J connectivity index is 2.11. The Morgan fingerprint density at radius 1 is 1.42 bits per heavy atom. The van der Waals surface area contributed by atoms with Crippen molar-refractivity contribution in [2.75, 3.05) is 6.61 Å². The summed E-state index contributed by atoms with van der Waals surface area (Å²) in [6.45, 7) is 4.84. The van der Waals surface area contributed by atoms with E-state index in [1.165, 1.54) is 19.3 Å². The topological polar surface area (TPSA) is 23.5 Å². The third kappa shape index (κ3) is 1.09. The van der Waals surface area contributed by atoms with Crippen LogP contribution in [0.15, 0.2) is 0 Å². The van der Waals surface area contributed by atoms with E-state index in [0.29, 0.717) is 18.7 Å². The van der Waals surface area contributed by atoms with Gasteiger partial charge < -0.3 is 5.11 Å². The number of piperidine rings is 1. The van der Waals surface area contributed by atoms with Crippen LogP contribution in [0.3, 0.4) is 0 Å². The molecule has 3 atom stereocenters. The molecular weight excluding hydrogens is 150 g/mol. The minimum atomic E-state index is 0.360. The first kappa shape index (κ1) is 8.52. The fraction of sp³-hybridized carbons (Fsp3) is 1.00. The smallest absolute Gasteiger partial charge is 0.0589 e. The highest BCUT2D eigenvalue weighted by Gasteiger charge is 2.45. The highest BCUT2D eigenvalue weighted by molar-refractivity contribution is 5.00. The lowest BCUT2D eigenvalue weighted by Crippen LogP contribution is -2.46. The first-order valence-electron chi connectivity index (χ1n) is 5.12. The van der Waals surface area contributed by atoms with Gasteiger partial charge in [0.2, 0.25) is 0 Å². The Morgan fingerprint density at radius 2 is 2.17 bits per heavy atom. The maximum atomic E-state index is 9.27. The third-order valence-corrected chi connectivity index (χ3v) is 3.58. The summed E-state index contributed by atoms with van der Waals surface area (Å²) in [5.74, 6) is 0.794. The molecule has 12 heavy (non-hydrogen) atoms. The highest BCUT2D eigenvalue weighted by Crippen LogP contribution is 2.43. The molecule has 1 aliphatic carbocycles. The first-order chi connectivity index (χ1) is 5.74. The zero-order chi connectivity index (χ0) is 8.72. The zero-order valence-corrected chi connectivity index (χ0v) is 8.03. The van der Waals surface area contributed by atoms with Crippen molar-refractivity contribution < 1.29 is 5.11 Å². The zero-order valence-electron chi connectivity index (χ0n) is 8.03. The molecule has 0 aromatic carbocycles. The van der Waals surface area contributed by atoms with Crippen molar-refractivity contribution in [2.45, 2.75) is 51.2 Å². The fourth-order valence-electron chi connectivity index (χ4n) is 3.17. The molecule has 2 rings (SSSR count). The van der Waals surface area contributed by atoms with Crippen molar-refractivity contribution in [3.05, 3.63) is 0 Å². The van der Waals surface area contributed by atoms with Crippen molar-refractivity contribution in [1.29, 1.82) is 0 Å². The van der Waals surface area contributed by atoms with Gasteiger partial charge in [0.1, 0.15) is 0 Å². The van der Waals surface area contributed by atoms with Crippen LogP contribution in [0.1, 0.15) is 33.1 Å². The Kier molecular flexibility index (Phi) is 2.13. The molecule has 0 amide bonds. The monoisotopic (exact) mass is 169 g/mol. The molecule has 70 valence electrons. The normalized spacial score (nSPS) is 41.5. The second-order valence-corrected chi connectivity index (χ2v) is 4.52. The van der Waals surface area contributed by atoms with Gasteiger partial charge in [-0.1, -0.05) is 0 Å². The van der Waals surface area contributed by atoms with E-state index in [1.807, 2.05) is 0 Å². The average Bonchev–Trinajstić information content (AvgIpc) is 2.60. The highest BCUT2D eigenvalue weighted by atomic mass is 16.3. The third-order valence-electron chi connectivity index (χ3n) is 3.58. The summed E-state index contributed by atoms with van der Waals surface area (Å²) in [6, 6.07) is 1.87. The molecule has 0 radical (unpaired) electrons. The van der Waals surface area contributed by atoms with Crippen LogP contribution in [0, 0.1) is 5.92 Å². The summed E-state index contributed by atoms with van der Waals surface area (Å²) in [5.41, 5.74) is 0. The first-order valence-corrected chi connectivity index (χ1v) is 5.12. The summed E-state index contributed by atoms with van der Waals surface area (Å²) in [5, 5.41) is 9.27. The predicted molar refractivity (Wildman–Crippen MR) is 49.0 cm³/mol. The number of rotatable bonds is 2. The molecule has 0 spiro atoms. The van der Waals surface area contributed by atoms with Crippen molar-refractivity contribution in [2.24, 2.45) is 5.92 Å². The van der Waals surface area contributed by atoms with Gasteiger partial charge in [0.15, 0.2) is 0 Å². The van der Waals surface area contributed by atoms with Crippen molar-refractivity contribution in [3.8, 4) is 0 Å². The molecule has 1 aliphatic heterocycles. The van der Waals surface area contributed by atoms with E-state index in [9.17, 15) is 5.11 Å². The predicted octanol–water partition coefficient (Wildman–Crippen LogP) is 1.24. The van der Waals surface area contributed by atoms with Crippen LogP contribution < -0.4 is 0 Å². The van der Waals surface area contributed by atoms with Crippen LogP contribution >= 0.6 is 0 Å². The molecule has 1 saturated heterocycles. The average molecular weight is 169 g/mol. The van der Waals surface area contributed by atoms with Gasteiger partial charge in [0.05, 0.1) is 6.61 Å². The van der Waals surface area contributed by atoms with Crippen LogP contribution in [-0.4, -0.2) is 34.7 Å². The molecule has 1 heterocycles. The lowest BCUT2D eigenvalue weighted by atomic mass is 9.98. The van der Waals surface area contributed by atoms with E-state index < -0.39 is 0 Å². The molecule has 2 bridgehead atoms. The van der Waals surface area contributed by atoms with Gasteiger partial charge in [-0.3, -0.25) is 4.90 Å². The Bertz CT molecular complexity index is 169. The van der Waals surface area contributed by atoms with E-state index in [0.717, 1.165) is 12.0 Å². The van der Waals surface area contributed by atoms with Crippen LogP contribution in [0.5, 0.6) is 0 Å². The van der Waals surface area contributed by atoms with Gasteiger partial charge in [-0.2, -0.15) is 0 Å². The number of hydrogen-bond acceptors (Lipinski definition) is 2.